The zero-order valence-electron chi connectivity index (χ0n) is 9.58. The largest absolute Gasteiger partial charge is 0.385 e. The highest BCUT2D eigenvalue weighted by atomic mass is 16.5. The van der Waals surface area contributed by atoms with Gasteiger partial charge in [0.05, 0.1) is 6.10 Å². The number of hydrogen-bond acceptors (Lipinski definition) is 3. The minimum Gasteiger partial charge on any atom is -0.385 e. The van der Waals surface area contributed by atoms with Crippen LogP contribution in [0.3, 0.4) is 0 Å². The third-order valence-electron chi connectivity index (χ3n) is 2.81. The summed E-state index contributed by atoms with van der Waals surface area (Å²) in [6.07, 6.45) is 3.79. The van der Waals surface area contributed by atoms with Gasteiger partial charge in [0.15, 0.2) is 0 Å². The molecule has 0 aromatic carbocycles. The lowest BCUT2D eigenvalue weighted by Crippen LogP contribution is -2.48. The summed E-state index contributed by atoms with van der Waals surface area (Å²) in [7, 11) is 1.73. The van der Waals surface area contributed by atoms with E-state index in [-0.39, 0.29) is 0 Å². The first-order valence-corrected chi connectivity index (χ1v) is 5.60. The molecule has 0 radical (unpaired) electrons. The molecule has 1 saturated heterocycles. The quantitative estimate of drug-likeness (QED) is 0.685. The molecule has 3 atom stereocenters. The van der Waals surface area contributed by atoms with E-state index in [1.165, 1.54) is 12.8 Å². The monoisotopic (exact) mass is 201 g/mol. The summed E-state index contributed by atoms with van der Waals surface area (Å²) in [5, 5.41) is 3.51. The van der Waals surface area contributed by atoms with Gasteiger partial charge in [-0.25, -0.2) is 0 Å². The fraction of sp³-hybridized carbons (Fsp3) is 1.00. The first-order chi connectivity index (χ1) is 6.74. The number of rotatable bonds is 5. The third kappa shape index (κ3) is 3.95. The molecule has 1 aliphatic rings. The van der Waals surface area contributed by atoms with E-state index in [0.29, 0.717) is 18.2 Å². The molecule has 14 heavy (non-hydrogen) atoms. The van der Waals surface area contributed by atoms with Crippen molar-refractivity contribution in [3.05, 3.63) is 0 Å². The van der Waals surface area contributed by atoms with Crippen LogP contribution in [0.25, 0.3) is 0 Å². The van der Waals surface area contributed by atoms with Crippen LogP contribution in [0.4, 0.5) is 0 Å². The molecule has 0 aromatic rings. The van der Waals surface area contributed by atoms with Crippen molar-refractivity contribution < 1.29 is 9.47 Å². The van der Waals surface area contributed by atoms with Gasteiger partial charge in [-0.05, 0) is 33.1 Å². The maximum Gasteiger partial charge on any atom is 0.0726 e. The first-order valence-electron chi connectivity index (χ1n) is 5.60. The predicted molar refractivity (Wildman–Crippen MR) is 57.5 cm³/mol. The molecule has 3 unspecified atom stereocenters. The van der Waals surface area contributed by atoms with E-state index >= 15 is 0 Å². The van der Waals surface area contributed by atoms with Crippen LogP contribution in [0.2, 0.25) is 0 Å². The van der Waals surface area contributed by atoms with Crippen LogP contribution in [-0.2, 0) is 9.47 Å². The maximum absolute atomic E-state index is 5.80. The molecule has 0 amide bonds. The van der Waals surface area contributed by atoms with Crippen LogP contribution in [0.5, 0.6) is 0 Å². The van der Waals surface area contributed by atoms with E-state index in [1.54, 1.807) is 7.11 Å². The Morgan fingerprint density at radius 2 is 2.00 bits per heavy atom. The molecule has 0 saturated carbocycles. The Morgan fingerprint density at radius 1 is 1.21 bits per heavy atom. The standard InChI is InChI=1S/C11H23NO2/c1-9-5-6-11(10(2)12-9)14-8-4-7-13-3/h9-12H,4-8H2,1-3H3. The lowest BCUT2D eigenvalue weighted by molar-refractivity contribution is -0.00239. The van der Waals surface area contributed by atoms with Crippen molar-refractivity contribution >= 4 is 0 Å². The molecule has 0 spiro atoms. The highest BCUT2D eigenvalue weighted by Gasteiger charge is 2.24. The average Bonchev–Trinajstić information content (AvgIpc) is 2.15. The van der Waals surface area contributed by atoms with Crippen LogP contribution >= 0.6 is 0 Å². The van der Waals surface area contributed by atoms with E-state index in [2.05, 4.69) is 19.2 Å². The highest BCUT2D eigenvalue weighted by Crippen LogP contribution is 2.16. The molecular weight excluding hydrogens is 178 g/mol. The van der Waals surface area contributed by atoms with Crippen molar-refractivity contribution in [2.24, 2.45) is 0 Å². The van der Waals surface area contributed by atoms with Crippen molar-refractivity contribution in [1.29, 1.82) is 0 Å². The Bertz CT molecular complexity index is 152. The van der Waals surface area contributed by atoms with Gasteiger partial charge in [0.1, 0.15) is 0 Å². The number of methoxy groups -OCH3 is 1. The second-order valence-electron chi connectivity index (χ2n) is 4.19. The van der Waals surface area contributed by atoms with Crippen LogP contribution in [0.1, 0.15) is 33.1 Å². The molecule has 0 aliphatic carbocycles. The molecule has 3 nitrogen and oxygen atoms in total. The van der Waals surface area contributed by atoms with Crippen molar-refractivity contribution in [3.63, 3.8) is 0 Å². The van der Waals surface area contributed by atoms with Crippen molar-refractivity contribution in [3.8, 4) is 0 Å². The highest BCUT2D eigenvalue weighted by molar-refractivity contribution is 4.82. The molecule has 0 bridgehead atoms. The molecule has 84 valence electrons. The molecule has 1 aliphatic heterocycles. The number of hydrogen-bond donors (Lipinski definition) is 1. The molecule has 3 heteroatoms. The molecule has 1 rings (SSSR count). The van der Waals surface area contributed by atoms with E-state index < -0.39 is 0 Å². The molecular formula is C11H23NO2. The Balaban J connectivity index is 2.11. The summed E-state index contributed by atoms with van der Waals surface area (Å²) in [4.78, 5) is 0. The average molecular weight is 201 g/mol. The predicted octanol–water partition coefficient (Wildman–Crippen LogP) is 1.57. The Morgan fingerprint density at radius 3 is 2.64 bits per heavy atom. The van der Waals surface area contributed by atoms with Crippen molar-refractivity contribution in [2.45, 2.75) is 51.3 Å². The zero-order chi connectivity index (χ0) is 10.4. The Labute approximate surface area is 87.2 Å². The van der Waals surface area contributed by atoms with Gasteiger partial charge in [-0.1, -0.05) is 0 Å². The molecule has 0 aromatic heterocycles. The number of nitrogens with one attached hydrogen (secondary N) is 1. The topological polar surface area (TPSA) is 30.5 Å². The second-order valence-corrected chi connectivity index (χ2v) is 4.19. The summed E-state index contributed by atoms with van der Waals surface area (Å²) < 4.78 is 10.8. The van der Waals surface area contributed by atoms with Crippen molar-refractivity contribution in [2.75, 3.05) is 20.3 Å². The minimum absolute atomic E-state index is 0.392. The molecule has 1 fully saturated rings. The number of ether oxygens (including phenoxy) is 2. The lowest BCUT2D eigenvalue weighted by Gasteiger charge is -2.33. The smallest absolute Gasteiger partial charge is 0.0726 e. The lowest BCUT2D eigenvalue weighted by atomic mass is 9.98. The summed E-state index contributed by atoms with van der Waals surface area (Å²) in [5.74, 6) is 0. The van der Waals surface area contributed by atoms with E-state index in [4.69, 9.17) is 9.47 Å². The van der Waals surface area contributed by atoms with Crippen LogP contribution in [0, 0.1) is 0 Å². The zero-order valence-corrected chi connectivity index (χ0v) is 9.58. The maximum atomic E-state index is 5.80. The van der Waals surface area contributed by atoms with Gasteiger partial charge >= 0.3 is 0 Å². The first kappa shape index (κ1) is 12.0. The van der Waals surface area contributed by atoms with Gasteiger partial charge in [0, 0.05) is 32.4 Å². The summed E-state index contributed by atoms with van der Waals surface area (Å²) in [5.41, 5.74) is 0. The summed E-state index contributed by atoms with van der Waals surface area (Å²) in [6, 6.07) is 1.13. The van der Waals surface area contributed by atoms with Gasteiger partial charge in [0.25, 0.3) is 0 Å². The van der Waals surface area contributed by atoms with Gasteiger partial charge in [0.2, 0.25) is 0 Å². The van der Waals surface area contributed by atoms with Gasteiger partial charge in [-0.3, -0.25) is 0 Å². The Hall–Kier alpha value is -0.120. The number of piperidine rings is 1. The minimum atomic E-state index is 0.392. The second kappa shape index (κ2) is 6.38. The Kier molecular flexibility index (Phi) is 5.45. The summed E-state index contributed by atoms with van der Waals surface area (Å²) >= 11 is 0. The normalized spacial score (nSPS) is 33.2. The van der Waals surface area contributed by atoms with Crippen LogP contribution in [0.15, 0.2) is 0 Å². The summed E-state index contributed by atoms with van der Waals surface area (Å²) in [6.45, 7) is 6.05. The third-order valence-corrected chi connectivity index (χ3v) is 2.81. The molecule has 1 N–H and O–H groups in total. The van der Waals surface area contributed by atoms with Gasteiger partial charge in [-0.2, -0.15) is 0 Å². The fourth-order valence-corrected chi connectivity index (χ4v) is 1.97. The molecule has 1 heterocycles. The van der Waals surface area contributed by atoms with E-state index in [1.807, 2.05) is 0 Å². The SMILES string of the molecule is COCCCOC1CCC(C)NC1C. The van der Waals surface area contributed by atoms with Crippen molar-refractivity contribution in [1.82, 2.24) is 5.32 Å². The fourth-order valence-electron chi connectivity index (χ4n) is 1.97. The van der Waals surface area contributed by atoms with E-state index in [9.17, 15) is 0 Å². The van der Waals surface area contributed by atoms with Crippen LogP contribution in [-0.4, -0.2) is 38.5 Å². The van der Waals surface area contributed by atoms with E-state index in [0.717, 1.165) is 19.6 Å². The van der Waals surface area contributed by atoms with Crippen LogP contribution < -0.4 is 5.32 Å². The van der Waals surface area contributed by atoms with Gasteiger partial charge in [-0.15, -0.1) is 0 Å². The van der Waals surface area contributed by atoms with Gasteiger partial charge < -0.3 is 14.8 Å².